The maximum absolute atomic E-state index is 12.4. The lowest BCUT2D eigenvalue weighted by Gasteiger charge is -2.08. The van der Waals surface area contributed by atoms with E-state index in [-0.39, 0.29) is 11.4 Å². The summed E-state index contributed by atoms with van der Waals surface area (Å²) in [5.41, 5.74) is 1.60. The zero-order valence-corrected chi connectivity index (χ0v) is 14.9. The molecule has 2 aromatic carbocycles. The molecule has 0 radical (unpaired) electrons. The van der Waals surface area contributed by atoms with Gasteiger partial charge in [-0.2, -0.15) is 0 Å². The van der Waals surface area contributed by atoms with Gasteiger partial charge in [-0.1, -0.05) is 34.1 Å². The van der Waals surface area contributed by atoms with Crippen LogP contribution in [-0.4, -0.2) is 13.4 Å². The maximum atomic E-state index is 12.4. The van der Waals surface area contributed by atoms with Gasteiger partial charge in [0.05, 0.1) is 21.7 Å². The molecule has 0 saturated carbocycles. The standard InChI is InChI=1S/C15H13BrN2O2S2/c1-10-6-7-11(16)8-14(10)22(19,20)17-9-15-18-12-4-2-3-5-13(12)21-15/h2-8,17H,9H2,1H3. The van der Waals surface area contributed by atoms with Gasteiger partial charge in [0.2, 0.25) is 10.0 Å². The number of hydrogen-bond donors (Lipinski definition) is 1. The molecule has 0 amide bonds. The number of rotatable bonds is 4. The number of aryl methyl sites for hydroxylation is 1. The molecule has 0 atom stereocenters. The largest absolute Gasteiger partial charge is 0.241 e. The fraction of sp³-hybridized carbons (Fsp3) is 0.133. The fourth-order valence-corrected chi connectivity index (χ4v) is 4.86. The minimum Gasteiger partial charge on any atom is -0.240 e. The number of para-hydroxylation sites is 1. The Bertz CT molecular complexity index is 903. The molecule has 1 heterocycles. The summed E-state index contributed by atoms with van der Waals surface area (Å²) in [5, 5.41) is 0.748. The Morgan fingerprint density at radius 3 is 2.77 bits per heavy atom. The van der Waals surface area contributed by atoms with Crippen molar-refractivity contribution in [3.63, 3.8) is 0 Å². The number of hydrogen-bond acceptors (Lipinski definition) is 4. The molecule has 1 N–H and O–H groups in total. The highest BCUT2D eigenvalue weighted by Crippen LogP contribution is 2.23. The molecule has 0 bridgehead atoms. The number of halogens is 1. The average Bonchev–Trinajstić information content (AvgIpc) is 2.90. The van der Waals surface area contributed by atoms with Crippen LogP contribution in [0.4, 0.5) is 0 Å². The topological polar surface area (TPSA) is 59.1 Å². The van der Waals surface area contributed by atoms with Gasteiger partial charge < -0.3 is 0 Å². The van der Waals surface area contributed by atoms with Crippen LogP contribution in [0, 0.1) is 6.92 Å². The number of nitrogens with zero attached hydrogens (tertiary/aromatic N) is 1. The van der Waals surface area contributed by atoms with E-state index in [9.17, 15) is 8.42 Å². The van der Waals surface area contributed by atoms with Gasteiger partial charge in [0.1, 0.15) is 5.01 Å². The number of thiazole rings is 1. The monoisotopic (exact) mass is 396 g/mol. The number of aromatic nitrogens is 1. The Labute approximate surface area is 141 Å². The molecule has 0 unspecified atom stereocenters. The maximum Gasteiger partial charge on any atom is 0.241 e. The SMILES string of the molecule is Cc1ccc(Br)cc1S(=O)(=O)NCc1nc2ccccc2s1. The fourth-order valence-electron chi connectivity index (χ4n) is 2.09. The summed E-state index contributed by atoms with van der Waals surface area (Å²) in [6.45, 7) is 1.96. The van der Waals surface area contributed by atoms with E-state index >= 15 is 0 Å². The van der Waals surface area contributed by atoms with Crippen molar-refractivity contribution in [2.24, 2.45) is 0 Å². The summed E-state index contributed by atoms with van der Waals surface area (Å²) in [6.07, 6.45) is 0. The molecule has 3 rings (SSSR count). The van der Waals surface area contributed by atoms with Gasteiger partial charge in [0.15, 0.2) is 0 Å². The lowest BCUT2D eigenvalue weighted by atomic mass is 10.2. The van der Waals surface area contributed by atoms with Crippen LogP contribution in [0.25, 0.3) is 10.2 Å². The van der Waals surface area contributed by atoms with E-state index in [1.807, 2.05) is 30.3 Å². The summed E-state index contributed by atoms with van der Waals surface area (Å²) < 4.78 is 29.3. The Kier molecular flexibility index (Phi) is 4.31. The van der Waals surface area contributed by atoms with Crippen LogP contribution in [-0.2, 0) is 16.6 Å². The van der Waals surface area contributed by atoms with Gasteiger partial charge in [0.25, 0.3) is 0 Å². The minimum atomic E-state index is -3.56. The highest BCUT2D eigenvalue weighted by Gasteiger charge is 2.17. The van der Waals surface area contributed by atoms with Gasteiger partial charge in [-0.05, 0) is 36.8 Å². The third-order valence-electron chi connectivity index (χ3n) is 3.19. The molecule has 0 spiro atoms. The van der Waals surface area contributed by atoms with E-state index in [2.05, 4.69) is 25.6 Å². The number of sulfonamides is 1. The Balaban J connectivity index is 1.84. The minimum absolute atomic E-state index is 0.188. The molecule has 114 valence electrons. The van der Waals surface area contributed by atoms with Gasteiger partial charge in [0, 0.05) is 4.47 Å². The highest BCUT2D eigenvalue weighted by atomic mass is 79.9. The number of benzene rings is 2. The van der Waals surface area contributed by atoms with Gasteiger partial charge >= 0.3 is 0 Å². The van der Waals surface area contributed by atoms with Crippen LogP contribution in [0.5, 0.6) is 0 Å². The van der Waals surface area contributed by atoms with Crippen LogP contribution in [0.2, 0.25) is 0 Å². The smallest absolute Gasteiger partial charge is 0.240 e. The Morgan fingerprint density at radius 2 is 2.00 bits per heavy atom. The van der Waals surface area contributed by atoms with E-state index in [1.165, 1.54) is 11.3 Å². The van der Waals surface area contributed by atoms with Crippen LogP contribution in [0.3, 0.4) is 0 Å². The summed E-state index contributed by atoms with van der Waals surface area (Å²) in [4.78, 5) is 4.71. The van der Waals surface area contributed by atoms with Crippen molar-refractivity contribution in [3.8, 4) is 0 Å². The van der Waals surface area contributed by atoms with Crippen molar-refractivity contribution in [1.82, 2.24) is 9.71 Å². The molecule has 1 aromatic heterocycles. The normalized spacial score (nSPS) is 11.9. The first-order chi connectivity index (χ1) is 10.5. The molecule has 7 heteroatoms. The molecule has 4 nitrogen and oxygen atoms in total. The average molecular weight is 397 g/mol. The van der Waals surface area contributed by atoms with Gasteiger partial charge in [-0.3, -0.25) is 0 Å². The number of fused-ring (bicyclic) bond motifs is 1. The van der Waals surface area contributed by atoms with Gasteiger partial charge in [-0.15, -0.1) is 11.3 Å². The molecule has 22 heavy (non-hydrogen) atoms. The molecule has 0 saturated heterocycles. The Hall–Kier alpha value is -1.28. The van der Waals surface area contributed by atoms with Crippen LogP contribution < -0.4 is 4.72 Å². The zero-order valence-electron chi connectivity index (χ0n) is 11.7. The van der Waals surface area contributed by atoms with E-state index < -0.39 is 10.0 Å². The van der Waals surface area contributed by atoms with E-state index in [4.69, 9.17) is 0 Å². The quantitative estimate of drug-likeness (QED) is 0.728. The van der Waals surface area contributed by atoms with Crippen molar-refractivity contribution < 1.29 is 8.42 Å². The lowest BCUT2D eigenvalue weighted by Crippen LogP contribution is -2.23. The van der Waals surface area contributed by atoms with Crippen molar-refractivity contribution >= 4 is 47.5 Å². The molecular formula is C15H13BrN2O2S2. The first kappa shape index (κ1) is 15.6. The van der Waals surface area contributed by atoms with Crippen LogP contribution in [0.1, 0.15) is 10.6 Å². The second-order valence-electron chi connectivity index (χ2n) is 4.81. The van der Waals surface area contributed by atoms with Crippen LogP contribution in [0.15, 0.2) is 51.8 Å². The molecular weight excluding hydrogens is 384 g/mol. The summed E-state index contributed by atoms with van der Waals surface area (Å²) in [7, 11) is -3.56. The zero-order chi connectivity index (χ0) is 15.7. The van der Waals surface area contributed by atoms with E-state index in [1.54, 1.807) is 19.1 Å². The van der Waals surface area contributed by atoms with Crippen molar-refractivity contribution in [2.75, 3.05) is 0 Å². The first-order valence-corrected chi connectivity index (χ1v) is 9.65. The Morgan fingerprint density at radius 1 is 1.23 bits per heavy atom. The van der Waals surface area contributed by atoms with Crippen molar-refractivity contribution in [2.45, 2.75) is 18.4 Å². The highest BCUT2D eigenvalue weighted by molar-refractivity contribution is 9.10. The third-order valence-corrected chi connectivity index (χ3v) is 6.26. The molecule has 0 fully saturated rings. The molecule has 0 aliphatic carbocycles. The van der Waals surface area contributed by atoms with Crippen LogP contribution >= 0.6 is 27.3 Å². The number of nitrogens with one attached hydrogen (secondary N) is 1. The molecule has 3 aromatic rings. The second kappa shape index (κ2) is 6.08. The first-order valence-electron chi connectivity index (χ1n) is 6.56. The van der Waals surface area contributed by atoms with E-state index in [0.29, 0.717) is 5.56 Å². The predicted octanol–water partition coefficient (Wildman–Crippen LogP) is 3.85. The van der Waals surface area contributed by atoms with Gasteiger partial charge in [-0.25, -0.2) is 18.1 Å². The summed E-state index contributed by atoms with van der Waals surface area (Å²) in [6, 6.07) is 13.0. The van der Waals surface area contributed by atoms with Crippen molar-refractivity contribution in [3.05, 3.63) is 57.5 Å². The lowest BCUT2D eigenvalue weighted by molar-refractivity contribution is 0.580. The third kappa shape index (κ3) is 3.22. The van der Waals surface area contributed by atoms with Crippen molar-refractivity contribution in [1.29, 1.82) is 0 Å². The van der Waals surface area contributed by atoms with E-state index in [0.717, 1.165) is 19.7 Å². The molecule has 0 aliphatic rings. The predicted molar refractivity (Wildman–Crippen MR) is 92.5 cm³/mol. The molecule has 0 aliphatic heterocycles. The second-order valence-corrected chi connectivity index (χ2v) is 8.58. The summed E-state index contributed by atoms with van der Waals surface area (Å²) >= 11 is 4.80. The summed E-state index contributed by atoms with van der Waals surface area (Å²) in [5.74, 6) is 0.